The summed E-state index contributed by atoms with van der Waals surface area (Å²) in [6, 6.07) is 5.52. The van der Waals surface area contributed by atoms with Gasteiger partial charge in [0.1, 0.15) is 0 Å². The molecule has 4 heteroatoms. The minimum Gasteiger partial charge on any atom is -0.493 e. The maximum atomic E-state index is 11.4. The van der Waals surface area contributed by atoms with E-state index < -0.39 is 0 Å². The van der Waals surface area contributed by atoms with Crippen LogP contribution in [0.1, 0.15) is 32.3 Å². The van der Waals surface area contributed by atoms with E-state index in [1.165, 1.54) is 0 Å². The van der Waals surface area contributed by atoms with Gasteiger partial charge < -0.3 is 14.2 Å². The molecule has 0 aromatic heterocycles. The molecule has 0 radical (unpaired) electrons. The van der Waals surface area contributed by atoms with Crippen LogP contribution in [0.15, 0.2) is 18.2 Å². The van der Waals surface area contributed by atoms with E-state index in [0.29, 0.717) is 24.7 Å². The van der Waals surface area contributed by atoms with Crippen LogP contribution in [0.4, 0.5) is 0 Å². The Labute approximate surface area is 114 Å². The predicted octanol–water partition coefficient (Wildman–Crippen LogP) is 2.98. The first-order valence-corrected chi connectivity index (χ1v) is 6.66. The summed E-state index contributed by atoms with van der Waals surface area (Å²) < 4.78 is 15.8. The molecule has 0 unspecified atom stereocenters. The minimum absolute atomic E-state index is 0.232. The fourth-order valence-corrected chi connectivity index (χ4v) is 1.65. The van der Waals surface area contributed by atoms with Gasteiger partial charge in [0.2, 0.25) is 0 Å². The average molecular weight is 266 g/mol. The summed E-state index contributed by atoms with van der Waals surface area (Å²) >= 11 is 0. The number of rotatable bonds is 8. The van der Waals surface area contributed by atoms with Gasteiger partial charge in [-0.1, -0.05) is 19.4 Å². The van der Waals surface area contributed by atoms with Crippen LogP contribution in [0.25, 0.3) is 0 Å². The highest BCUT2D eigenvalue weighted by Crippen LogP contribution is 2.28. The second kappa shape index (κ2) is 8.40. The number of carbonyl (C=O) groups is 1. The van der Waals surface area contributed by atoms with Gasteiger partial charge in [0, 0.05) is 0 Å². The van der Waals surface area contributed by atoms with Crippen LogP contribution in [-0.2, 0) is 16.0 Å². The number of benzene rings is 1. The van der Waals surface area contributed by atoms with Gasteiger partial charge in [-0.15, -0.1) is 0 Å². The van der Waals surface area contributed by atoms with Gasteiger partial charge in [-0.3, -0.25) is 4.79 Å². The molecule has 0 N–H and O–H groups in total. The average Bonchev–Trinajstić information content (AvgIpc) is 2.40. The molecule has 0 bridgehead atoms. The summed E-state index contributed by atoms with van der Waals surface area (Å²) in [6.45, 7) is 4.98. The van der Waals surface area contributed by atoms with Crippen molar-refractivity contribution in [2.75, 3.05) is 20.3 Å². The van der Waals surface area contributed by atoms with Crippen LogP contribution in [0.2, 0.25) is 0 Å². The van der Waals surface area contributed by atoms with Crippen molar-refractivity contribution in [1.29, 1.82) is 0 Å². The monoisotopic (exact) mass is 266 g/mol. The molecule has 4 nitrogen and oxygen atoms in total. The Morgan fingerprint density at radius 1 is 1.21 bits per heavy atom. The maximum Gasteiger partial charge on any atom is 0.310 e. The van der Waals surface area contributed by atoms with Crippen molar-refractivity contribution in [2.24, 2.45) is 0 Å². The fraction of sp³-hybridized carbons (Fsp3) is 0.533. The summed E-state index contributed by atoms with van der Waals surface area (Å²) in [5, 5.41) is 0. The van der Waals surface area contributed by atoms with E-state index in [-0.39, 0.29) is 12.4 Å². The third kappa shape index (κ3) is 5.20. The number of methoxy groups -OCH3 is 1. The molecular weight excluding hydrogens is 244 g/mol. The highest BCUT2D eigenvalue weighted by atomic mass is 16.5. The zero-order valence-corrected chi connectivity index (χ0v) is 11.9. The Morgan fingerprint density at radius 2 is 2.00 bits per heavy atom. The van der Waals surface area contributed by atoms with E-state index in [2.05, 4.69) is 6.92 Å². The molecular formula is C15H22O4. The summed E-state index contributed by atoms with van der Waals surface area (Å²) in [4.78, 5) is 11.4. The zero-order valence-electron chi connectivity index (χ0n) is 11.9. The summed E-state index contributed by atoms with van der Waals surface area (Å²) in [6.07, 6.45) is 2.34. The minimum atomic E-state index is -0.232. The van der Waals surface area contributed by atoms with Crippen molar-refractivity contribution in [1.82, 2.24) is 0 Å². The number of hydrogen-bond donors (Lipinski definition) is 0. The molecule has 106 valence electrons. The Morgan fingerprint density at radius 3 is 2.63 bits per heavy atom. The highest BCUT2D eigenvalue weighted by molar-refractivity contribution is 5.72. The summed E-state index contributed by atoms with van der Waals surface area (Å²) in [5.41, 5.74) is 0.859. The van der Waals surface area contributed by atoms with E-state index >= 15 is 0 Å². The molecule has 0 aliphatic carbocycles. The van der Waals surface area contributed by atoms with Gasteiger partial charge in [-0.25, -0.2) is 0 Å². The Balaban J connectivity index is 2.69. The van der Waals surface area contributed by atoms with Crippen molar-refractivity contribution in [3.05, 3.63) is 23.8 Å². The zero-order chi connectivity index (χ0) is 14.1. The largest absolute Gasteiger partial charge is 0.493 e. The van der Waals surface area contributed by atoms with Gasteiger partial charge in [-0.05, 0) is 31.0 Å². The number of ether oxygens (including phenoxy) is 3. The van der Waals surface area contributed by atoms with Crippen molar-refractivity contribution < 1.29 is 19.0 Å². The van der Waals surface area contributed by atoms with E-state index in [1.807, 2.05) is 18.2 Å². The first-order valence-electron chi connectivity index (χ1n) is 6.66. The molecule has 0 saturated heterocycles. The maximum absolute atomic E-state index is 11.4. The smallest absolute Gasteiger partial charge is 0.310 e. The van der Waals surface area contributed by atoms with Gasteiger partial charge in [0.25, 0.3) is 0 Å². The van der Waals surface area contributed by atoms with Gasteiger partial charge >= 0.3 is 5.97 Å². The molecule has 0 fully saturated rings. The van der Waals surface area contributed by atoms with Gasteiger partial charge in [-0.2, -0.15) is 0 Å². The standard InChI is InChI=1S/C15H22O4/c1-4-6-9-19-13-8-7-12(10-14(13)17-3)11-15(16)18-5-2/h7-8,10H,4-6,9,11H2,1-3H3. The summed E-state index contributed by atoms with van der Waals surface area (Å²) in [5.74, 6) is 1.13. The first-order chi connectivity index (χ1) is 9.21. The molecule has 0 saturated carbocycles. The van der Waals surface area contributed by atoms with Crippen molar-refractivity contribution in [3.63, 3.8) is 0 Å². The van der Waals surface area contributed by atoms with Crippen molar-refractivity contribution in [3.8, 4) is 11.5 Å². The van der Waals surface area contributed by atoms with Crippen LogP contribution >= 0.6 is 0 Å². The highest BCUT2D eigenvalue weighted by Gasteiger charge is 2.09. The molecule has 0 spiro atoms. The van der Waals surface area contributed by atoms with E-state index in [0.717, 1.165) is 18.4 Å². The van der Waals surface area contributed by atoms with Crippen LogP contribution in [0.5, 0.6) is 11.5 Å². The molecule has 1 rings (SSSR count). The predicted molar refractivity (Wildman–Crippen MR) is 73.7 cm³/mol. The normalized spacial score (nSPS) is 10.1. The van der Waals surface area contributed by atoms with Crippen LogP contribution in [0, 0.1) is 0 Å². The van der Waals surface area contributed by atoms with Gasteiger partial charge in [0.15, 0.2) is 11.5 Å². The molecule has 1 aromatic rings. The Kier molecular flexibility index (Phi) is 6.79. The Hall–Kier alpha value is -1.71. The number of unbranched alkanes of at least 4 members (excludes halogenated alkanes) is 1. The van der Waals surface area contributed by atoms with Crippen molar-refractivity contribution >= 4 is 5.97 Å². The second-order valence-electron chi connectivity index (χ2n) is 4.17. The van der Waals surface area contributed by atoms with Crippen molar-refractivity contribution in [2.45, 2.75) is 33.1 Å². The lowest BCUT2D eigenvalue weighted by molar-refractivity contribution is -0.142. The van der Waals surface area contributed by atoms with E-state index in [4.69, 9.17) is 14.2 Å². The molecule has 0 amide bonds. The van der Waals surface area contributed by atoms with Crippen LogP contribution in [0.3, 0.4) is 0 Å². The number of hydrogen-bond acceptors (Lipinski definition) is 4. The number of carbonyl (C=O) groups excluding carboxylic acids is 1. The SMILES string of the molecule is CCCCOc1ccc(CC(=O)OCC)cc1OC. The van der Waals surface area contributed by atoms with E-state index in [9.17, 15) is 4.79 Å². The first kappa shape index (κ1) is 15.3. The number of esters is 1. The molecule has 1 aromatic carbocycles. The lowest BCUT2D eigenvalue weighted by atomic mass is 10.1. The van der Waals surface area contributed by atoms with Crippen LogP contribution in [-0.4, -0.2) is 26.3 Å². The molecule has 19 heavy (non-hydrogen) atoms. The third-order valence-corrected chi connectivity index (χ3v) is 2.64. The lowest BCUT2D eigenvalue weighted by Gasteiger charge is -2.11. The topological polar surface area (TPSA) is 44.8 Å². The molecule has 0 aliphatic rings. The van der Waals surface area contributed by atoms with E-state index in [1.54, 1.807) is 14.0 Å². The fourth-order valence-electron chi connectivity index (χ4n) is 1.65. The summed E-state index contributed by atoms with van der Waals surface area (Å²) in [7, 11) is 1.59. The lowest BCUT2D eigenvalue weighted by Crippen LogP contribution is -2.07. The third-order valence-electron chi connectivity index (χ3n) is 2.64. The van der Waals surface area contributed by atoms with Crippen LogP contribution < -0.4 is 9.47 Å². The molecule has 0 aliphatic heterocycles. The quantitative estimate of drug-likeness (QED) is 0.536. The van der Waals surface area contributed by atoms with Gasteiger partial charge in [0.05, 0.1) is 26.7 Å². The second-order valence-corrected chi connectivity index (χ2v) is 4.17. The molecule has 0 atom stereocenters. The molecule has 0 heterocycles. The Bertz CT molecular complexity index is 401.